The number of thiocarbonyl (C=S) groups is 1. The van der Waals surface area contributed by atoms with Gasteiger partial charge in [0.1, 0.15) is 0 Å². The van der Waals surface area contributed by atoms with E-state index in [-0.39, 0.29) is 0 Å². The van der Waals surface area contributed by atoms with Gasteiger partial charge in [-0.1, -0.05) is 18.9 Å². The van der Waals surface area contributed by atoms with Crippen LogP contribution >= 0.6 is 12.2 Å². The van der Waals surface area contributed by atoms with Gasteiger partial charge in [0.05, 0.1) is 5.16 Å². The van der Waals surface area contributed by atoms with Gasteiger partial charge in [-0.25, -0.2) is 0 Å². The molecule has 0 aromatic heterocycles. The zero-order valence-corrected chi connectivity index (χ0v) is 7.49. The van der Waals surface area contributed by atoms with Crippen LogP contribution in [0.5, 0.6) is 0 Å². The Bertz CT molecular complexity index is 190. The van der Waals surface area contributed by atoms with Crippen LogP contribution in [-0.2, 0) is 0 Å². The fraction of sp³-hybridized carbons (Fsp3) is 0.667. The fourth-order valence-corrected chi connectivity index (χ4v) is 1.45. The average molecular weight is 167 g/mol. The molecule has 1 nitrogen and oxygen atoms in total. The zero-order chi connectivity index (χ0) is 7.94. The Kier molecular flexibility index (Phi) is 4.10. The van der Waals surface area contributed by atoms with Crippen LogP contribution in [0.15, 0.2) is 16.8 Å². The van der Waals surface area contributed by atoms with Gasteiger partial charge < -0.3 is 0 Å². The molecule has 0 unspecified atom stereocenters. The number of rotatable bonds is 1. The summed E-state index contributed by atoms with van der Waals surface area (Å²) in [7, 11) is 0. The molecule has 0 aliphatic heterocycles. The lowest BCUT2D eigenvalue weighted by Gasteiger charge is -2.05. The molecule has 0 saturated carbocycles. The highest BCUT2D eigenvalue weighted by Crippen LogP contribution is 2.16. The molecule has 0 saturated heterocycles. The van der Waals surface area contributed by atoms with Crippen molar-refractivity contribution in [2.75, 3.05) is 0 Å². The van der Waals surface area contributed by atoms with E-state index < -0.39 is 0 Å². The Morgan fingerprint density at radius 2 is 2.09 bits per heavy atom. The van der Waals surface area contributed by atoms with Gasteiger partial charge in [0.25, 0.3) is 0 Å². The van der Waals surface area contributed by atoms with Crippen molar-refractivity contribution in [3.05, 3.63) is 11.8 Å². The lowest BCUT2D eigenvalue weighted by molar-refractivity contribution is 0.623. The molecule has 0 fully saturated rings. The Labute approximate surface area is 73.2 Å². The predicted molar refractivity (Wildman–Crippen MR) is 50.8 cm³/mol. The van der Waals surface area contributed by atoms with Crippen LogP contribution in [0, 0.1) is 0 Å². The van der Waals surface area contributed by atoms with Gasteiger partial charge in [0.2, 0.25) is 0 Å². The normalized spacial score (nSPS) is 19.1. The first-order valence-corrected chi connectivity index (χ1v) is 4.61. The quantitative estimate of drug-likeness (QED) is 0.431. The summed E-state index contributed by atoms with van der Waals surface area (Å²) in [4.78, 5) is 4.01. The summed E-state index contributed by atoms with van der Waals surface area (Å²) in [6, 6.07) is 0. The van der Waals surface area contributed by atoms with Crippen LogP contribution < -0.4 is 0 Å². The average Bonchev–Trinajstić information content (AvgIpc) is 1.94. The first-order valence-electron chi connectivity index (χ1n) is 4.20. The van der Waals surface area contributed by atoms with Crippen molar-refractivity contribution in [1.82, 2.24) is 0 Å². The van der Waals surface area contributed by atoms with Crippen molar-refractivity contribution in [2.24, 2.45) is 4.99 Å². The maximum Gasteiger partial charge on any atom is 0.0637 e. The minimum absolute atomic E-state index is 1.09. The van der Waals surface area contributed by atoms with Gasteiger partial charge in [-0.05, 0) is 37.9 Å². The minimum Gasteiger partial charge on any atom is -0.200 e. The summed E-state index contributed by atoms with van der Waals surface area (Å²) in [5.41, 5.74) is 1.14. The maximum atomic E-state index is 4.55. The number of isothiocyanates is 1. The molecule has 0 aromatic rings. The van der Waals surface area contributed by atoms with Gasteiger partial charge in [0.15, 0.2) is 0 Å². The monoisotopic (exact) mass is 167 g/mol. The molecular formula is C9H13NS. The molecule has 11 heavy (non-hydrogen) atoms. The van der Waals surface area contributed by atoms with Crippen LogP contribution in [-0.4, -0.2) is 5.16 Å². The van der Waals surface area contributed by atoms with Crippen molar-refractivity contribution >= 4 is 17.4 Å². The number of aliphatic imine (C=N–C) groups is 1. The molecule has 0 heterocycles. The van der Waals surface area contributed by atoms with Crippen LogP contribution in [0.1, 0.15) is 38.5 Å². The number of allylic oxidation sites excluding steroid dienone is 2. The van der Waals surface area contributed by atoms with E-state index >= 15 is 0 Å². The summed E-state index contributed by atoms with van der Waals surface area (Å²) < 4.78 is 0. The molecule has 0 spiro atoms. The van der Waals surface area contributed by atoms with Crippen molar-refractivity contribution in [3.8, 4) is 0 Å². The third kappa shape index (κ3) is 3.45. The van der Waals surface area contributed by atoms with Gasteiger partial charge in [0, 0.05) is 5.70 Å². The molecule has 0 amide bonds. The predicted octanol–water partition coefficient (Wildman–Crippen LogP) is 3.33. The van der Waals surface area contributed by atoms with E-state index in [2.05, 4.69) is 28.4 Å². The van der Waals surface area contributed by atoms with Crippen molar-refractivity contribution in [2.45, 2.75) is 38.5 Å². The third-order valence-corrected chi connectivity index (χ3v) is 2.05. The molecular weight excluding hydrogens is 154 g/mol. The summed E-state index contributed by atoms with van der Waals surface area (Å²) in [6.07, 6.45) is 9.70. The van der Waals surface area contributed by atoms with Crippen LogP contribution in [0.3, 0.4) is 0 Å². The lowest BCUT2D eigenvalue weighted by Crippen LogP contribution is -1.87. The molecule has 0 atom stereocenters. The van der Waals surface area contributed by atoms with E-state index in [0.717, 1.165) is 18.5 Å². The van der Waals surface area contributed by atoms with Crippen LogP contribution in [0.4, 0.5) is 0 Å². The fourth-order valence-electron chi connectivity index (χ4n) is 1.33. The standard InChI is InChI=1S/C9H13NS/c11-8-10-9-6-4-2-1-3-5-7-9/h6H,1-5,7H2. The molecule has 2 heteroatoms. The van der Waals surface area contributed by atoms with E-state index in [4.69, 9.17) is 0 Å². The largest absolute Gasteiger partial charge is 0.200 e. The lowest BCUT2D eigenvalue weighted by atomic mass is 10.0. The van der Waals surface area contributed by atoms with Crippen LogP contribution in [0.2, 0.25) is 0 Å². The van der Waals surface area contributed by atoms with E-state index in [9.17, 15) is 0 Å². The smallest absolute Gasteiger partial charge is 0.0637 e. The maximum absolute atomic E-state index is 4.55. The summed E-state index contributed by atoms with van der Waals surface area (Å²) >= 11 is 4.55. The highest BCUT2D eigenvalue weighted by Gasteiger charge is 1.98. The topological polar surface area (TPSA) is 12.4 Å². The number of hydrogen-bond donors (Lipinski definition) is 0. The Morgan fingerprint density at radius 3 is 2.91 bits per heavy atom. The molecule has 1 rings (SSSR count). The number of hydrogen-bond acceptors (Lipinski definition) is 2. The Balaban J connectivity index is 2.51. The zero-order valence-electron chi connectivity index (χ0n) is 6.68. The minimum atomic E-state index is 1.09. The second kappa shape index (κ2) is 5.22. The van der Waals surface area contributed by atoms with Gasteiger partial charge in [-0.15, -0.1) is 0 Å². The summed E-state index contributed by atoms with van der Waals surface area (Å²) in [5, 5.41) is 2.43. The first kappa shape index (κ1) is 8.63. The third-order valence-electron chi connectivity index (χ3n) is 1.96. The first-order chi connectivity index (χ1) is 5.43. The van der Waals surface area contributed by atoms with Crippen LogP contribution in [0.25, 0.3) is 0 Å². The van der Waals surface area contributed by atoms with Crippen molar-refractivity contribution in [3.63, 3.8) is 0 Å². The van der Waals surface area contributed by atoms with Gasteiger partial charge >= 0.3 is 0 Å². The Morgan fingerprint density at radius 1 is 1.27 bits per heavy atom. The molecule has 1 aliphatic rings. The van der Waals surface area contributed by atoms with E-state index in [1.807, 2.05) is 0 Å². The van der Waals surface area contributed by atoms with Gasteiger partial charge in [-0.3, -0.25) is 0 Å². The van der Waals surface area contributed by atoms with Crippen molar-refractivity contribution < 1.29 is 0 Å². The highest BCUT2D eigenvalue weighted by atomic mass is 32.1. The molecule has 60 valence electrons. The van der Waals surface area contributed by atoms with E-state index in [1.165, 1.54) is 25.7 Å². The number of nitrogens with zero attached hydrogens (tertiary/aromatic N) is 1. The molecule has 0 bridgehead atoms. The highest BCUT2D eigenvalue weighted by molar-refractivity contribution is 7.78. The van der Waals surface area contributed by atoms with E-state index in [1.54, 1.807) is 0 Å². The molecule has 0 radical (unpaired) electrons. The second-order valence-corrected chi connectivity index (χ2v) is 3.03. The molecule has 1 aliphatic carbocycles. The molecule has 0 aromatic carbocycles. The summed E-state index contributed by atoms with van der Waals surface area (Å²) in [6.45, 7) is 0. The van der Waals surface area contributed by atoms with Gasteiger partial charge in [-0.2, -0.15) is 4.99 Å². The van der Waals surface area contributed by atoms with Crippen molar-refractivity contribution in [1.29, 1.82) is 0 Å². The molecule has 0 N–H and O–H groups in total. The van der Waals surface area contributed by atoms with E-state index in [0.29, 0.717) is 0 Å². The second-order valence-electron chi connectivity index (χ2n) is 2.85. The summed E-state index contributed by atoms with van der Waals surface area (Å²) in [5.74, 6) is 0. The SMILES string of the molecule is S=C=NC1=CCCCCCC1. The Hall–Kier alpha value is -0.460.